The number of alkyl halides is 3. The third-order valence-electron chi connectivity index (χ3n) is 2.94. The lowest BCUT2D eigenvalue weighted by molar-refractivity contribution is 0.0989. The van der Waals surface area contributed by atoms with E-state index in [1.165, 1.54) is 12.3 Å². The average molecular weight is 333 g/mol. The van der Waals surface area contributed by atoms with Crippen molar-refractivity contribution in [3.63, 3.8) is 0 Å². The highest BCUT2D eigenvalue weighted by Gasteiger charge is 2.32. The fraction of sp³-hybridized carbons (Fsp3) is 0.286. The van der Waals surface area contributed by atoms with Crippen molar-refractivity contribution in [2.45, 2.75) is 23.1 Å². The second kappa shape index (κ2) is 6.17. The summed E-state index contributed by atoms with van der Waals surface area (Å²) in [4.78, 5) is 26.5. The van der Waals surface area contributed by atoms with Crippen LogP contribution in [0.1, 0.15) is 40.1 Å². The van der Waals surface area contributed by atoms with Crippen LogP contribution in [0, 0.1) is 0 Å². The van der Waals surface area contributed by atoms with Crippen molar-refractivity contribution < 1.29 is 9.59 Å². The molecule has 0 unspecified atom stereocenters. The van der Waals surface area contributed by atoms with Gasteiger partial charge in [-0.2, -0.15) is 0 Å². The van der Waals surface area contributed by atoms with Crippen molar-refractivity contribution in [2.24, 2.45) is 0 Å². The number of nitrogens with one attached hydrogen (secondary N) is 1. The Kier molecular flexibility index (Phi) is 4.74. The smallest absolute Gasteiger partial charge is 0.254 e. The Balaban J connectivity index is 2.09. The highest BCUT2D eigenvalue weighted by molar-refractivity contribution is 6.77. The van der Waals surface area contributed by atoms with Crippen LogP contribution in [0.4, 0.5) is 0 Å². The Bertz CT molecular complexity index is 594. The topological polar surface area (TPSA) is 49.9 Å². The molecule has 1 heterocycles. The number of H-pyrrole nitrogens is 1. The van der Waals surface area contributed by atoms with Crippen LogP contribution in [0.3, 0.4) is 0 Å². The standard InChI is InChI=1S/C14H12Cl3NO2/c15-14(16,17)13(20)11-7-10(8-18-11)12(19)6-9-4-2-1-3-5-9/h2,4-5,7-8,18H,1,3,6H2. The predicted octanol–water partition coefficient (Wildman–Crippen LogP) is 4.42. The molecule has 0 aliphatic heterocycles. The molecule has 1 aliphatic rings. The van der Waals surface area contributed by atoms with Gasteiger partial charge >= 0.3 is 0 Å². The first-order valence-electron chi connectivity index (χ1n) is 6.06. The number of hydrogen-bond donors (Lipinski definition) is 1. The van der Waals surface area contributed by atoms with Gasteiger partial charge in [0.15, 0.2) is 5.78 Å². The first-order valence-corrected chi connectivity index (χ1v) is 7.20. The van der Waals surface area contributed by atoms with Gasteiger partial charge < -0.3 is 4.98 Å². The molecule has 0 spiro atoms. The van der Waals surface area contributed by atoms with Gasteiger partial charge in [0, 0.05) is 18.2 Å². The number of carbonyl (C=O) groups excluding carboxylic acids is 2. The minimum atomic E-state index is -2.03. The van der Waals surface area contributed by atoms with E-state index in [-0.39, 0.29) is 11.5 Å². The Morgan fingerprint density at radius 3 is 2.60 bits per heavy atom. The van der Waals surface area contributed by atoms with Gasteiger partial charge in [-0.25, -0.2) is 0 Å². The third kappa shape index (κ3) is 3.75. The molecule has 0 saturated carbocycles. The average Bonchev–Trinajstić information content (AvgIpc) is 2.87. The van der Waals surface area contributed by atoms with Gasteiger partial charge in [-0.15, -0.1) is 0 Å². The second-order valence-electron chi connectivity index (χ2n) is 4.49. The zero-order valence-electron chi connectivity index (χ0n) is 10.5. The molecule has 1 aliphatic carbocycles. The van der Waals surface area contributed by atoms with Crippen LogP contribution < -0.4 is 0 Å². The molecular formula is C14H12Cl3NO2. The molecule has 0 atom stereocenters. The first kappa shape index (κ1) is 15.4. The molecule has 6 heteroatoms. The molecular weight excluding hydrogens is 321 g/mol. The van der Waals surface area contributed by atoms with E-state index in [0.717, 1.165) is 18.4 Å². The summed E-state index contributed by atoms with van der Waals surface area (Å²) in [5.41, 5.74) is 1.50. The summed E-state index contributed by atoms with van der Waals surface area (Å²) >= 11 is 16.6. The number of ketones is 2. The van der Waals surface area contributed by atoms with E-state index in [1.807, 2.05) is 18.2 Å². The Morgan fingerprint density at radius 1 is 1.25 bits per heavy atom. The van der Waals surface area contributed by atoms with Crippen LogP contribution in [0.2, 0.25) is 0 Å². The molecule has 1 N–H and O–H groups in total. The lowest BCUT2D eigenvalue weighted by atomic mass is 10.00. The lowest BCUT2D eigenvalue weighted by Crippen LogP contribution is -2.19. The van der Waals surface area contributed by atoms with Gasteiger partial charge in [-0.3, -0.25) is 9.59 Å². The van der Waals surface area contributed by atoms with Gasteiger partial charge in [0.25, 0.3) is 3.79 Å². The maximum absolute atomic E-state index is 12.1. The van der Waals surface area contributed by atoms with Crippen LogP contribution in [0.15, 0.2) is 36.1 Å². The fourth-order valence-corrected chi connectivity index (χ4v) is 2.23. The summed E-state index contributed by atoms with van der Waals surface area (Å²) in [5, 5.41) is 0. The van der Waals surface area contributed by atoms with E-state index in [2.05, 4.69) is 4.98 Å². The highest BCUT2D eigenvalue weighted by Crippen LogP contribution is 2.30. The van der Waals surface area contributed by atoms with Crippen LogP contribution in [0.25, 0.3) is 0 Å². The fourth-order valence-electron chi connectivity index (χ4n) is 1.93. The minimum Gasteiger partial charge on any atom is -0.358 e. The van der Waals surface area contributed by atoms with Gasteiger partial charge in [0.05, 0.1) is 5.69 Å². The van der Waals surface area contributed by atoms with E-state index in [4.69, 9.17) is 34.8 Å². The summed E-state index contributed by atoms with van der Waals surface area (Å²) < 4.78 is -2.03. The summed E-state index contributed by atoms with van der Waals surface area (Å²) in [6, 6.07) is 1.42. The van der Waals surface area contributed by atoms with Gasteiger partial charge in [0.2, 0.25) is 5.78 Å². The zero-order valence-corrected chi connectivity index (χ0v) is 12.7. The number of carbonyl (C=O) groups is 2. The molecule has 3 nitrogen and oxygen atoms in total. The van der Waals surface area contributed by atoms with Crippen molar-refractivity contribution >= 4 is 46.4 Å². The number of halogens is 3. The lowest BCUT2D eigenvalue weighted by Gasteiger charge is -2.06. The quantitative estimate of drug-likeness (QED) is 0.655. The number of rotatable bonds is 4. The van der Waals surface area contributed by atoms with Crippen molar-refractivity contribution in [1.82, 2.24) is 4.98 Å². The predicted molar refractivity (Wildman–Crippen MR) is 80.8 cm³/mol. The Labute approximate surface area is 131 Å². The largest absolute Gasteiger partial charge is 0.358 e. The van der Waals surface area contributed by atoms with Crippen molar-refractivity contribution in [2.75, 3.05) is 0 Å². The molecule has 0 amide bonds. The molecule has 20 heavy (non-hydrogen) atoms. The molecule has 0 saturated heterocycles. The second-order valence-corrected chi connectivity index (χ2v) is 6.77. The summed E-state index contributed by atoms with van der Waals surface area (Å²) in [6.07, 6.45) is 9.73. The highest BCUT2D eigenvalue weighted by atomic mass is 35.6. The number of aromatic nitrogens is 1. The van der Waals surface area contributed by atoms with Crippen LogP contribution >= 0.6 is 34.8 Å². The normalized spacial score (nSPS) is 15.1. The number of allylic oxidation sites excluding steroid dienone is 4. The number of Topliss-reactive ketones (excluding diaryl/α,β-unsaturated/α-hetero) is 2. The Morgan fingerprint density at radius 2 is 2.00 bits per heavy atom. The molecule has 0 fully saturated rings. The first-order chi connectivity index (χ1) is 9.38. The number of aromatic amines is 1. The summed E-state index contributed by atoms with van der Waals surface area (Å²) in [5.74, 6) is -0.763. The van der Waals surface area contributed by atoms with Crippen LogP contribution in [-0.4, -0.2) is 20.3 Å². The van der Waals surface area contributed by atoms with E-state index in [9.17, 15) is 9.59 Å². The zero-order chi connectivity index (χ0) is 14.8. The molecule has 0 bridgehead atoms. The molecule has 1 aromatic heterocycles. The van der Waals surface area contributed by atoms with Crippen LogP contribution in [-0.2, 0) is 0 Å². The molecule has 0 radical (unpaired) electrons. The third-order valence-corrected chi connectivity index (χ3v) is 3.46. The molecule has 0 aromatic carbocycles. The maximum atomic E-state index is 12.1. The van der Waals surface area contributed by atoms with E-state index in [1.54, 1.807) is 0 Å². The SMILES string of the molecule is O=C(CC1=CCCC=C1)c1c[nH]c(C(=O)C(Cl)(Cl)Cl)c1. The summed E-state index contributed by atoms with van der Waals surface area (Å²) in [7, 11) is 0. The minimum absolute atomic E-state index is 0.0811. The maximum Gasteiger partial charge on any atom is 0.254 e. The van der Waals surface area contributed by atoms with Crippen molar-refractivity contribution in [3.05, 3.63) is 47.3 Å². The van der Waals surface area contributed by atoms with Gasteiger partial charge in [0.1, 0.15) is 0 Å². The van der Waals surface area contributed by atoms with Crippen molar-refractivity contribution in [3.8, 4) is 0 Å². The van der Waals surface area contributed by atoms with Gasteiger partial charge in [-0.1, -0.05) is 53.0 Å². The summed E-state index contributed by atoms with van der Waals surface area (Å²) in [6.45, 7) is 0. The monoisotopic (exact) mass is 331 g/mol. The van der Waals surface area contributed by atoms with Crippen LogP contribution in [0.5, 0.6) is 0 Å². The van der Waals surface area contributed by atoms with E-state index >= 15 is 0 Å². The van der Waals surface area contributed by atoms with Crippen molar-refractivity contribution in [1.29, 1.82) is 0 Å². The molecule has 106 valence electrons. The Hall–Kier alpha value is -1.03. The van der Waals surface area contributed by atoms with E-state index < -0.39 is 9.58 Å². The molecule has 1 aromatic rings. The van der Waals surface area contributed by atoms with E-state index in [0.29, 0.717) is 12.0 Å². The molecule has 2 rings (SSSR count). The van der Waals surface area contributed by atoms with Gasteiger partial charge in [-0.05, 0) is 24.5 Å². The number of hydrogen-bond acceptors (Lipinski definition) is 2.